The van der Waals surface area contributed by atoms with Gasteiger partial charge in [-0.3, -0.25) is 0 Å². The van der Waals surface area contributed by atoms with Crippen LogP contribution in [0.4, 0.5) is 13.2 Å². The lowest BCUT2D eigenvalue weighted by molar-refractivity contribution is -0.0500. The molecule has 1 aromatic carbocycles. The van der Waals surface area contributed by atoms with Crippen molar-refractivity contribution in [3.8, 4) is 5.75 Å². The zero-order valence-electron chi connectivity index (χ0n) is 6.88. The Kier molecular flexibility index (Phi) is 3.29. The SMILES string of the molecule is O=S(=O)(Oc1cc[c]cc1Br)C(F)(F)F. The van der Waals surface area contributed by atoms with Crippen molar-refractivity contribution in [2.75, 3.05) is 0 Å². The first-order valence-electron chi connectivity index (χ1n) is 3.40. The molecule has 1 aromatic rings. The third kappa shape index (κ3) is 2.85. The molecule has 0 fully saturated rings. The maximum atomic E-state index is 11.9. The minimum absolute atomic E-state index is 0.0674. The van der Waals surface area contributed by atoms with Gasteiger partial charge in [0.2, 0.25) is 0 Å². The molecule has 0 saturated carbocycles. The lowest BCUT2D eigenvalue weighted by Crippen LogP contribution is -2.28. The van der Waals surface area contributed by atoms with E-state index in [9.17, 15) is 21.6 Å². The fraction of sp³-hybridized carbons (Fsp3) is 0.143. The summed E-state index contributed by atoms with van der Waals surface area (Å²) in [6, 6.07) is 6.04. The highest BCUT2D eigenvalue weighted by Crippen LogP contribution is 2.30. The molecular formula is C7H3BrF3O3S. The number of benzene rings is 1. The Morgan fingerprint density at radius 3 is 2.47 bits per heavy atom. The monoisotopic (exact) mass is 303 g/mol. The van der Waals surface area contributed by atoms with Crippen LogP contribution in [-0.4, -0.2) is 13.9 Å². The maximum absolute atomic E-state index is 11.9. The van der Waals surface area contributed by atoms with E-state index in [0.29, 0.717) is 0 Å². The molecule has 0 aliphatic carbocycles. The summed E-state index contributed by atoms with van der Waals surface area (Å²) < 4.78 is 60.9. The van der Waals surface area contributed by atoms with E-state index in [1.165, 1.54) is 12.1 Å². The van der Waals surface area contributed by atoms with Gasteiger partial charge in [-0.25, -0.2) is 0 Å². The van der Waals surface area contributed by atoms with Crippen molar-refractivity contribution in [3.05, 3.63) is 28.7 Å². The van der Waals surface area contributed by atoms with Gasteiger partial charge in [0.25, 0.3) is 0 Å². The standard InChI is InChI=1S/C7H3BrF3O3S/c8-5-3-1-2-4-6(5)14-15(12,13)7(9,10)11/h2-4H. The molecule has 0 heterocycles. The van der Waals surface area contributed by atoms with Gasteiger partial charge in [-0.1, -0.05) is 6.07 Å². The first kappa shape index (κ1) is 12.3. The van der Waals surface area contributed by atoms with Crippen molar-refractivity contribution < 1.29 is 25.8 Å². The Bertz CT molecular complexity index is 455. The Balaban J connectivity index is 3.03. The molecule has 15 heavy (non-hydrogen) atoms. The van der Waals surface area contributed by atoms with Crippen LogP contribution in [0.1, 0.15) is 0 Å². The minimum Gasteiger partial charge on any atom is -0.375 e. The first-order chi connectivity index (χ1) is 6.74. The molecule has 8 heteroatoms. The molecule has 1 radical (unpaired) electrons. The van der Waals surface area contributed by atoms with Gasteiger partial charge in [0.05, 0.1) is 4.47 Å². The molecule has 0 aromatic heterocycles. The fourth-order valence-electron chi connectivity index (χ4n) is 0.629. The van der Waals surface area contributed by atoms with Crippen LogP contribution in [-0.2, 0) is 10.1 Å². The average Bonchev–Trinajstić information content (AvgIpc) is 2.06. The third-order valence-corrected chi connectivity index (χ3v) is 2.84. The second-order valence-electron chi connectivity index (χ2n) is 2.34. The molecule has 0 aliphatic rings. The summed E-state index contributed by atoms with van der Waals surface area (Å²) in [5, 5.41) is 0. The molecule has 0 spiro atoms. The van der Waals surface area contributed by atoms with E-state index < -0.39 is 21.4 Å². The molecule has 3 nitrogen and oxygen atoms in total. The van der Waals surface area contributed by atoms with Gasteiger partial charge in [-0.05, 0) is 34.1 Å². The highest BCUT2D eigenvalue weighted by Gasteiger charge is 2.48. The Hall–Kier alpha value is -0.760. The van der Waals surface area contributed by atoms with Crippen molar-refractivity contribution in [1.82, 2.24) is 0 Å². The second kappa shape index (κ2) is 4.01. The van der Waals surface area contributed by atoms with E-state index >= 15 is 0 Å². The molecule has 0 amide bonds. The fourth-order valence-corrected chi connectivity index (χ4v) is 1.56. The molecule has 0 bridgehead atoms. The average molecular weight is 304 g/mol. The molecule has 0 aliphatic heterocycles. The first-order valence-corrected chi connectivity index (χ1v) is 5.60. The summed E-state index contributed by atoms with van der Waals surface area (Å²) in [4.78, 5) is 0. The molecule has 0 N–H and O–H groups in total. The molecule has 0 unspecified atom stereocenters. The number of halogens is 4. The van der Waals surface area contributed by atoms with Crippen LogP contribution in [0.25, 0.3) is 0 Å². The normalized spacial score (nSPS) is 12.5. The lowest BCUT2D eigenvalue weighted by Gasteiger charge is -2.09. The summed E-state index contributed by atoms with van der Waals surface area (Å²) in [7, 11) is -5.62. The third-order valence-electron chi connectivity index (χ3n) is 1.26. The highest BCUT2D eigenvalue weighted by atomic mass is 79.9. The van der Waals surface area contributed by atoms with E-state index in [4.69, 9.17) is 0 Å². The zero-order valence-corrected chi connectivity index (χ0v) is 9.28. The van der Waals surface area contributed by atoms with Crippen LogP contribution in [0.15, 0.2) is 22.7 Å². The van der Waals surface area contributed by atoms with Crippen LogP contribution >= 0.6 is 15.9 Å². The van der Waals surface area contributed by atoms with Gasteiger partial charge in [-0.2, -0.15) is 21.6 Å². The van der Waals surface area contributed by atoms with Crippen LogP contribution in [0.5, 0.6) is 5.75 Å². The van der Waals surface area contributed by atoms with Crippen LogP contribution < -0.4 is 4.18 Å². The summed E-state index contributed by atoms with van der Waals surface area (Å²) in [6.45, 7) is 0. The van der Waals surface area contributed by atoms with E-state index in [-0.39, 0.29) is 4.47 Å². The van der Waals surface area contributed by atoms with Gasteiger partial charge in [0.15, 0.2) is 5.75 Å². The Morgan fingerprint density at radius 2 is 2.00 bits per heavy atom. The predicted octanol–water partition coefficient (Wildman–Crippen LogP) is 2.48. The van der Waals surface area contributed by atoms with E-state index in [2.05, 4.69) is 26.2 Å². The second-order valence-corrected chi connectivity index (χ2v) is 4.73. The number of rotatable bonds is 2. The summed E-state index contributed by atoms with van der Waals surface area (Å²) >= 11 is 2.83. The van der Waals surface area contributed by atoms with E-state index in [0.717, 1.165) is 6.07 Å². The topological polar surface area (TPSA) is 43.4 Å². The minimum atomic E-state index is -5.62. The van der Waals surface area contributed by atoms with Crippen molar-refractivity contribution in [1.29, 1.82) is 0 Å². The zero-order chi connectivity index (χ0) is 11.7. The largest absolute Gasteiger partial charge is 0.534 e. The highest BCUT2D eigenvalue weighted by molar-refractivity contribution is 9.10. The summed E-state index contributed by atoms with van der Waals surface area (Å²) in [5.74, 6) is -0.439. The molecular weight excluding hydrogens is 301 g/mol. The van der Waals surface area contributed by atoms with Crippen molar-refractivity contribution in [3.63, 3.8) is 0 Å². The Labute approximate surface area is 92.1 Å². The van der Waals surface area contributed by atoms with Crippen LogP contribution in [0, 0.1) is 6.07 Å². The van der Waals surface area contributed by atoms with Gasteiger partial charge < -0.3 is 4.18 Å². The number of hydrogen-bond donors (Lipinski definition) is 0. The van der Waals surface area contributed by atoms with E-state index in [1.54, 1.807) is 0 Å². The van der Waals surface area contributed by atoms with Crippen LogP contribution in [0.2, 0.25) is 0 Å². The van der Waals surface area contributed by atoms with Crippen molar-refractivity contribution >= 4 is 26.0 Å². The van der Waals surface area contributed by atoms with E-state index in [1.807, 2.05) is 0 Å². The van der Waals surface area contributed by atoms with Gasteiger partial charge in [0.1, 0.15) is 0 Å². The van der Waals surface area contributed by atoms with Crippen LogP contribution in [0.3, 0.4) is 0 Å². The smallest absolute Gasteiger partial charge is 0.375 e. The van der Waals surface area contributed by atoms with Crippen molar-refractivity contribution in [2.24, 2.45) is 0 Å². The molecule has 0 atom stereocenters. The summed E-state index contributed by atoms with van der Waals surface area (Å²) in [5.41, 5.74) is -5.44. The molecule has 0 saturated heterocycles. The number of alkyl halides is 3. The summed E-state index contributed by atoms with van der Waals surface area (Å²) in [6.07, 6.45) is 0. The number of hydrogen-bond acceptors (Lipinski definition) is 3. The maximum Gasteiger partial charge on any atom is 0.534 e. The predicted molar refractivity (Wildman–Crippen MR) is 48.6 cm³/mol. The van der Waals surface area contributed by atoms with Gasteiger partial charge in [-0.15, -0.1) is 0 Å². The quantitative estimate of drug-likeness (QED) is 0.623. The van der Waals surface area contributed by atoms with Gasteiger partial charge >= 0.3 is 15.6 Å². The lowest BCUT2D eigenvalue weighted by atomic mass is 10.3. The Morgan fingerprint density at radius 1 is 1.40 bits per heavy atom. The van der Waals surface area contributed by atoms with Crippen molar-refractivity contribution in [2.45, 2.75) is 5.51 Å². The molecule has 1 rings (SSSR count). The molecule has 83 valence electrons. The van der Waals surface area contributed by atoms with Gasteiger partial charge in [0, 0.05) is 0 Å².